The molecule has 0 unspecified atom stereocenters. The number of benzene rings is 2. The lowest BCUT2D eigenvalue weighted by Gasteiger charge is -2.35. The summed E-state index contributed by atoms with van der Waals surface area (Å²) in [5, 5.41) is -0.681. The maximum absolute atomic E-state index is 14.6. The molecule has 1 atom stereocenters. The average Bonchev–Trinajstić information content (AvgIpc) is 2.85. The van der Waals surface area contributed by atoms with Crippen LogP contribution in [0.5, 0.6) is 0 Å². The van der Waals surface area contributed by atoms with E-state index in [-0.39, 0.29) is 37.1 Å². The van der Waals surface area contributed by atoms with E-state index in [2.05, 4.69) is 4.98 Å². The van der Waals surface area contributed by atoms with Crippen LogP contribution >= 0.6 is 0 Å². The standard InChI is InChI=1S/C24H22F4N4O4/c25-14-9-13-3-4-31(11-15(13)17(27)10-14)22(33)19(12-30-5-7-36-8-6-30)32-23(34)20-18(29-24(32)35)2-1-16(26)21(20)28/h1-2,9-10,19H,3-8,11-12H2,(H,29,35)/t19-/m0/s1. The number of carbonyl (C=O) groups excluding carboxylic acids is 1. The number of rotatable bonds is 4. The molecule has 1 amide bonds. The number of aromatic amines is 1. The van der Waals surface area contributed by atoms with E-state index in [4.69, 9.17) is 4.74 Å². The summed E-state index contributed by atoms with van der Waals surface area (Å²) in [7, 11) is 0. The van der Waals surface area contributed by atoms with Crippen molar-refractivity contribution in [2.45, 2.75) is 19.0 Å². The van der Waals surface area contributed by atoms with Crippen molar-refractivity contribution in [2.75, 3.05) is 39.4 Å². The van der Waals surface area contributed by atoms with E-state index in [1.807, 2.05) is 4.90 Å². The molecule has 2 aliphatic heterocycles. The lowest BCUT2D eigenvalue weighted by Crippen LogP contribution is -2.52. The third kappa shape index (κ3) is 4.30. The highest BCUT2D eigenvalue weighted by Gasteiger charge is 2.34. The van der Waals surface area contributed by atoms with Crippen LogP contribution in [0, 0.1) is 23.3 Å². The lowest BCUT2D eigenvalue weighted by atomic mass is 9.98. The number of hydrogen-bond acceptors (Lipinski definition) is 5. The van der Waals surface area contributed by atoms with Crippen molar-refractivity contribution in [1.82, 2.24) is 19.4 Å². The van der Waals surface area contributed by atoms with Crippen LogP contribution in [0.3, 0.4) is 0 Å². The van der Waals surface area contributed by atoms with Crippen LogP contribution in [-0.4, -0.2) is 64.7 Å². The highest BCUT2D eigenvalue weighted by atomic mass is 19.2. The zero-order chi connectivity index (χ0) is 25.6. The van der Waals surface area contributed by atoms with E-state index in [0.717, 1.165) is 18.2 Å². The Morgan fingerprint density at radius 2 is 1.78 bits per heavy atom. The van der Waals surface area contributed by atoms with Gasteiger partial charge < -0.3 is 14.6 Å². The highest BCUT2D eigenvalue weighted by molar-refractivity contribution is 5.82. The fourth-order valence-corrected chi connectivity index (χ4v) is 4.81. The van der Waals surface area contributed by atoms with Gasteiger partial charge in [0.1, 0.15) is 23.1 Å². The van der Waals surface area contributed by atoms with Crippen LogP contribution in [0.25, 0.3) is 10.9 Å². The molecule has 0 spiro atoms. The Labute approximate surface area is 201 Å². The lowest BCUT2D eigenvalue weighted by molar-refractivity contribution is -0.137. The maximum atomic E-state index is 14.6. The van der Waals surface area contributed by atoms with Gasteiger partial charge in [0, 0.05) is 44.4 Å². The molecule has 1 saturated heterocycles. The van der Waals surface area contributed by atoms with Gasteiger partial charge in [-0.2, -0.15) is 0 Å². The zero-order valence-corrected chi connectivity index (χ0v) is 19.0. The number of halogens is 4. The maximum Gasteiger partial charge on any atom is 0.329 e. The van der Waals surface area contributed by atoms with Gasteiger partial charge in [-0.15, -0.1) is 0 Å². The summed E-state index contributed by atoms with van der Waals surface area (Å²) < 4.78 is 62.5. The second kappa shape index (κ2) is 9.51. The molecule has 1 N–H and O–H groups in total. The number of ether oxygens (including phenoxy) is 1. The minimum atomic E-state index is -1.43. The third-order valence-electron chi connectivity index (χ3n) is 6.68. The number of nitrogens with one attached hydrogen (secondary N) is 1. The molecular formula is C24H22F4N4O4. The fourth-order valence-electron chi connectivity index (χ4n) is 4.81. The quantitative estimate of drug-likeness (QED) is 0.545. The molecule has 3 heterocycles. The SMILES string of the molecule is O=C([C@H](CN1CCOCC1)n1c(=O)[nH]c2ccc(F)c(F)c2c1=O)N1CCc2cc(F)cc(F)c2C1. The van der Waals surface area contributed by atoms with E-state index in [1.54, 1.807) is 0 Å². The summed E-state index contributed by atoms with van der Waals surface area (Å²) >= 11 is 0. The van der Waals surface area contributed by atoms with Crippen molar-refractivity contribution in [1.29, 1.82) is 0 Å². The number of carbonyl (C=O) groups is 1. The second-order valence-electron chi connectivity index (χ2n) is 8.85. The molecule has 3 aromatic rings. The van der Waals surface area contributed by atoms with Crippen molar-refractivity contribution < 1.29 is 27.1 Å². The number of amides is 1. The third-order valence-corrected chi connectivity index (χ3v) is 6.68. The number of aromatic nitrogens is 2. The average molecular weight is 506 g/mol. The Hall–Kier alpha value is -3.51. The Kier molecular flexibility index (Phi) is 6.39. The topological polar surface area (TPSA) is 87.6 Å². The predicted octanol–water partition coefficient (Wildman–Crippen LogP) is 1.70. The summed E-state index contributed by atoms with van der Waals surface area (Å²) in [6.45, 7) is 1.41. The van der Waals surface area contributed by atoms with E-state index in [1.165, 1.54) is 11.0 Å². The van der Waals surface area contributed by atoms with Gasteiger partial charge in [-0.3, -0.25) is 14.5 Å². The molecule has 2 aromatic carbocycles. The van der Waals surface area contributed by atoms with Crippen LogP contribution in [0.2, 0.25) is 0 Å². The predicted molar refractivity (Wildman–Crippen MR) is 121 cm³/mol. The molecular weight excluding hydrogens is 484 g/mol. The van der Waals surface area contributed by atoms with Crippen molar-refractivity contribution in [2.24, 2.45) is 0 Å². The molecule has 0 aliphatic carbocycles. The van der Waals surface area contributed by atoms with Gasteiger partial charge in [0.05, 0.1) is 18.7 Å². The number of fused-ring (bicyclic) bond motifs is 2. The molecule has 0 bridgehead atoms. The first kappa shape index (κ1) is 24.2. The zero-order valence-electron chi connectivity index (χ0n) is 19.0. The first-order valence-electron chi connectivity index (χ1n) is 11.4. The molecule has 0 radical (unpaired) electrons. The molecule has 0 saturated carbocycles. The minimum absolute atomic E-state index is 0.0805. The highest BCUT2D eigenvalue weighted by Crippen LogP contribution is 2.25. The van der Waals surface area contributed by atoms with Gasteiger partial charge in [0.15, 0.2) is 11.6 Å². The normalized spacial score (nSPS) is 17.3. The summed E-state index contributed by atoms with van der Waals surface area (Å²) in [4.78, 5) is 45.5. The largest absolute Gasteiger partial charge is 0.379 e. The summed E-state index contributed by atoms with van der Waals surface area (Å²) in [6.07, 6.45) is 0.169. The van der Waals surface area contributed by atoms with Crippen molar-refractivity contribution in [3.8, 4) is 0 Å². The van der Waals surface area contributed by atoms with Crippen molar-refractivity contribution in [3.05, 3.63) is 79.5 Å². The Bertz CT molecular complexity index is 1470. The first-order chi connectivity index (χ1) is 17.2. The van der Waals surface area contributed by atoms with Gasteiger partial charge in [-0.1, -0.05) is 0 Å². The molecule has 1 fully saturated rings. The number of morpholine rings is 1. The molecule has 2 aliphatic rings. The first-order valence-corrected chi connectivity index (χ1v) is 11.4. The van der Waals surface area contributed by atoms with Gasteiger partial charge in [0.2, 0.25) is 5.91 Å². The van der Waals surface area contributed by atoms with Crippen LogP contribution in [0.1, 0.15) is 17.2 Å². The molecule has 8 nitrogen and oxygen atoms in total. The summed E-state index contributed by atoms with van der Waals surface area (Å²) in [6, 6.07) is 2.39. The van der Waals surface area contributed by atoms with Crippen LogP contribution in [0.4, 0.5) is 17.6 Å². The van der Waals surface area contributed by atoms with Gasteiger partial charge in [0.25, 0.3) is 5.56 Å². The van der Waals surface area contributed by atoms with Crippen LogP contribution in [-0.2, 0) is 22.5 Å². The number of nitrogens with zero attached hydrogens (tertiary/aromatic N) is 3. The van der Waals surface area contributed by atoms with Crippen molar-refractivity contribution >= 4 is 16.8 Å². The van der Waals surface area contributed by atoms with E-state index >= 15 is 0 Å². The van der Waals surface area contributed by atoms with Crippen molar-refractivity contribution in [3.63, 3.8) is 0 Å². The second-order valence-corrected chi connectivity index (χ2v) is 8.85. The molecule has 36 heavy (non-hydrogen) atoms. The number of H-pyrrole nitrogens is 1. The molecule has 12 heteroatoms. The molecule has 1 aromatic heterocycles. The van der Waals surface area contributed by atoms with E-state index < -0.39 is 51.9 Å². The van der Waals surface area contributed by atoms with E-state index in [0.29, 0.717) is 36.4 Å². The molecule has 5 rings (SSSR count). The van der Waals surface area contributed by atoms with Gasteiger partial charge >= 0.3 is 5.69 Å². The number of hydrogen-bond donors (Lipinski definition) is 1. The summed E-state index contributed by atoms with van der Waals surface area (Å²) in [5.41, 5.74) is -1.74. The van der Waals surface area contributed by atoms with Crippen LogP contribution < -0.4 is 11.2 Å². The Morgan fingerprint density at radius 3 is 2.53 bits per heavy atom. The Morgan fingerprint density at radius 1 is 1.03 bits per heavy atom. The monoisotopic (exact) mass is 506 g/mol. The Balaban J connectivity index is 1.58. The van der Waals surface area contributed by atoms with Crippen LogP contribution in [0.15, 0.2) is 33.9 Å². The molecule has 190 valence electrons. The van der Waals surface area contributed by atoms with Gasteiger partial charge in [-0.05, 0) is 30.2 Å². The fraction of sp³-hybridized carbons (Fsp3) is 0.375. The van der Waals surface area contributed by atoms with Gasteiger partial charge in [-0.25, -0.2) is 26.9 Å². The minimum Gasteiger partial charge on any atom is -0.379 e. The summed E-state index contributed by atoms with van der Waals surface area (Å²) in [5.74, 6) is -4.90. The van der Waals surface area contributed by atoms with E-state index in [9.17, 15) is 31.9 Å². The smallest absolute Gasteiger partial charge is 0.329 e.